The van der Waals surface area contributed by atoms with E-state index in [1.807, 2.05) is 91.0 Å². The third kappa shape index (κ3) is 5.68. The van der Waals surface area contributed by atoms with E-state index < -0.39 is 40.2 Å². The van der Waals surface area contributed by atoms with Crippen LogP contribution in [-0.4, -0.2) is 4.98 Å². The first-order valence-corrected chi connectivity index (χ1v) is 13.3. The number of thiophene rings is 1. The molecule has 0 aliphatic carbocycles. The van der Waals surface area contributed by atoms with Crippen molar-refractivity contribution in [2.24, 2.45) is 0 Å². The van der Waals surface area contributed by atoms with Crippen LogP contribution in [0.15, 0.2) is 103 Å². The van der Waals surface area contributed by atoms with Gasteiger partial charge in [-0.25, -0.2) is 8.78 Å². The third-order valence-corrected chi connectivity index (χ3v) is 7.28. The maximum atomic E-state index is 14.6. The monoisotopic (exact) mass is 578 g/mol. The number of aromatic nitrogens is 1. The summed E-state index contributed by atoms with van der Waals surface area (Å²) in [6.45, 7) is 0. The largest absolute Gasteiger partial charge is 0.311 e. The van der Waals surface area contributed by atoms with Gasteiger partial charge in [0.25, 0.3) is 11.9 Å². The first kappa shape index (κ1) is 28.0. The molecule has 0 aliphatic heterocycles. The van der Waals surface area contributed by atoms with Crippen molar-refractivity contribution in [3.63, 3.8) is 0 Å². The second-order valence-electron chi connectivity index (χ2n) is 8.80. The van der Waals surface area contributed by atoms with Gasteiger partial charge in [-0.1, -0.05) is 54.6 Å². The van der Waals surface area contributed by atoms with Crippen molar-refractivity contribution in [2.75, 3.05) is 4.90 Å². The second kappa shape index (κ2) is 12.3. The zero-order chi connectivity index (χ0) is 29.6. The summed E-state index contributed by atoms with van der Waals surface area (Å²) in [5, 5.41) is 18.8. The zero-order valence-electron chi connectivity index (χ0n) is 21.6. The highest BCUT2D eigenvalue weighted by atomic mass is 32.1. The molecular formula is C33H18F4N4S. The van der Waals surface area contributed by atoms with Crippen molar-refractivity contribution in [3.8, 4) is 12.1 Å². The summed E-state index contributed by atoms with van der Waals surface area (Å²) in [5.74, 6) is -7.35. The van der Waals surface area contributed by atoms with Crippen LogP contribution in [0.3, 0.4) is 0 Å². The highest BCUT2D eigenvalue weighted by Gasteiger charge is 2.27. The molecule has 9 heteroatoms. The highest BCUT2D eigenvalue weighted by Crippen LogP contribution is 2.37. The third-order valence-electron chi connectivity index (χ3n) is 6.21. The smallest absolute Gasteiger partial charge is 0.252 e. The van der Waals surface area contributed by atoms with Gasteiger partial charge in [-0.2, -0.15) is 24.3 Å². The van der Waals surface area contributed by atoms with Crippen LogP contribution in [0.4, 0.5) is 34.6 Å². The number of para-hydroxylation sites is 2. The Bertz CT molecular complexity index is 1800. The van der Waals surface area contributed by atoms with Gasteiger partial charge in [-0.15, -0.1) is 11.3 Å². The fraction of sp³-hybridized carbons (Fsp3) is 0. The highest BCUT2D eigenvalue weighted by molar-refractivity contribution is 7.14. The fourth-order valence-electron chi connectivity index (χ4n) is 4.31. The predicted molar refractivity (Wildman–Crippen MR) is 156 cm³/mol. The number of allylic oxidation sites excluding steroid dienone is 1. The van der Waals surface area contributed by atoms with Gasteiger partial charge in [0.05, 0.1) is 5.56 Å². The van der Waals surface area contributed by atoms with Gasteiger partial charge >= 0.3 is 0 Å². The number of pyridine rings is 1. The summed E-state index contributed by atoms with van der Waals surface area (Å²) < 4.78 is 56.9. The number of nitrogens with zero attached hydrogens (tertiary/aromatic N) is 4. The zero-order valence-corrected chi connectivity index (χ0v) is 22.4. The van der Waals surface area contributed by atoms with E-state index in [9.17, 15) is 28.1 Å². The first-order valence-electron chi connectivity index (χ1n) is 12.4. The molecule has 0 amide bonds. The summed E-state index contributed by atoms with van der Waals surface area (Å²) in [6, 6.07) is 33.8. The number of halogens is 4. The molecule has 0 atom stereocenters. The van der Waals surface area contributed by atoms with Gasteiger partial charge in [-0.05, 0) is 60.2 Å². The lowest BCUT2D eigenvalue weighted by atomic mass is 9.99. The lowest BCUT2D eigenvalue weighted by Gasteiger charge is -2.25. The molecule has 0 N–H and O–H groups in total. The molecule has 0 aliphatic rings. The van der Waals surface area contributed by atoms with E-state index in [4.69, 9.17) is 0 Å². The number of nitriles is 2. The molecule has 5 aromatic rings. The molecular weight excluding hydrogens is 560 g/mol. The Kier molecular flexibility index (Phi) is 8.24. The number of hydrogen-bond acceptors (Lipinski definition) is 5. The summed E-state index contributed by atoms with van der Waals surface area (Å²) in [7, 11) is 0. The Balaban J connectivity index is 1.45. The quantitative estimate of drug-likeness (QED) is 0.110. The first-order chi connectivity index (χ1) is 20.4. The van der Waals surface area contributed by atoms with E-state index in [-0.39, 0.29) is 4.88 Å². The standard InChI is InChI=1S/C33H18F4N4S/c34-30-29(31(35)33(37)40-32(30)36)28(22(19-38)20-39)27-18-17-26(42-27)16-13-21-11-14-25(15-12-21)41(23-7-3-1-4-8-23)24-9-5-2-6-10-24/h1-18H/b16-13+. The van der Waals surface area contributed by atoms with Gasteiger partial charge in [0.15, 0.2) is 11.6 Å². The van der Waals surface area contributed by atoms with Gasteiger partial charge in [0.2, 0.25) is 0 Å². The molecule has 204 valence electrons. The molecule has 42 heavy (non-hydrogen) atoms. The number of hydrogen-bond donors (Lipinski definition) is 0. The average molecular weight is 579 g/mol. The summed E-state index contributed by atoms with van der Waals surface area (Å²) in [4.78, 5) is 5.36. The van der Waals surface area contributed by atoms with Crippen LogP contribution >= 0.6 is 11.3 Å². The minimum atomic E-state index is -1.88. The van der Waals surface area contributed by atoms with E-state index in [0.717, 1.165) is 34.0 Å². The van der Waals surface area contributed by atoms with E-state index in [2.05, 4.69) is 9.88 Å². The molecule has 2 heterocycles. The minimum Gasteiger partial charge on any atom is -0.311 e. The maximum Gasteiger partial charge on any atom is 0.252 e. The molecule has 2 aromatic heterocycles. The Morgan fingerprint density at radius 2 is 1.19 bits per heavy atom. The molecule has 0 saturated carbocycles. The van der Waals surface area contributed by atoms with Crippen LogP contribution in [-0.2, 0) is 0 Å². The molecule has 0 radical (unpaired) electrons. The second-order valence-corrected chi connectivity index (χ2v) is 9.92. The van der Waals surface area contributed by atoms with Crippen LogP contribution < -0.4 is 4.90 Å². The van der Waals surface area contributed by atoms with Crippen molar-refractivity contribution in [1.82, 2.24) is 4.98 Å². The van der Waals surface area contributed by atoms with Crippen LogP contribution in [0, 0.1) is 46.2 Å². The van der Waals surface area contributed by atoms with E-state index in [1.54, 1.807) is 24.3 Å². The lowest BCUT2D eigenvalue weighted by Crippen LogP contribution is -2.09. The fourth-order valence-corrected chi connectivity index (χ4v) is 5.27. The molecule has 4 nitrogen and oxygen atoms in total. The van der Waals surface area contributed by atoms with Gasteiger partial charge < -0.3 is 4.90 Å². The Morgan fingerprint density at radius 1 is 0.667 bits per heavy atom. The van der Waals surface area contributed by atoms with Gasteiger partial charge in [0, 0.05) is 32.4 Å². The van der Waals surface area contributed by atoms with E-state index >= 15 is 0 Å². The maximum absolute atomic E-state index is 14.6. The van der Waals surface area contributed by atoms with Crippen molar-refractivity contribution in [2.45, 2.75) is 0 Å². The molecule has 0 saturated heterocycles. The Morgan fingerprint density at radius 3 is 1.71 bits per heavy atom. The van der Waals surface area contributed by atoms with Gasteiger partial charge in [-0.3, -0.25) is 0 Å². The Hall–Kier alpha value is -5.51. The number of rotatable bonds is 7. The molecule has 0 unspecified atom stereocenters. The summed E-state index contributed by atoms with van der Waals surface area (Å²) >= 11 is 0.992. The van der Waals surface area contributed by atoms with Crippen molar-refractivity contribution >= 4 is 46.1 Å². The van der Waals surface area contributed by atoms with Crippen LogP contribution in [0.1, 0.15) is 20.9 Å². The van der Waals surface area contributed by atoms with E-state index in [0.29, 0.717) is 4.88 Å². The Labute approximate surface area is 243 Å². The molecule has 5 rings (SSSR count). The predicted octanol–water partition coefficient (Wildman–Crippen LogP) is 9.19. The SMILES string of the molecule is N#CC(C#N)=C(c1ccc(/C=C/c2ccc(N(c3ccccc3)c3ccccc3)cc2)s1)c1c(F)c(F)nc(F)c1F. The molecule has 0 bridgehead atoms. The number of anilines is 3. The van der Waals surface area contributed by atoms with Gasteiger partial charge in [0.1, 0.15) is 17.7 Å². The lowest BCUT2D eigenvalue weighted by molar-refractivity contribution is 0.404. The van der Waals surface area contributed by atoms with Crippen LogP contribution in [0.2, 0.25) is 0 Å². The topological polar surface area (TPSA) is 63.7 Å². The summed E-state index contributed by atoms with van der Waals surface area (Å²) in [5.41, 5.74) is 1.39. The van der Waals surface area contributed by atoms with Crippen molar-refractivity contribution < 1.29 is 17.6 Å². The molecule has 0 fully saturated rings. The summed E-state index contributed by atoms with van der Waals surface area (Å²) in [6.07, 6.45) is 3.56. The van der Waals surface area contributed by atoms with E-state index in [1.165, 1.54) is 6.07 Å². The molecule has 3 aromatic carbocycles. The van der Waals surface area contributed by atoms with Crippen molar-refractivity contribution in [1.29, 1.82) is 10.5 Å². The van der Waals surface area contributed by atoms with Crippen LogP contribution in [0.5, 0.6) is 0 Å². The normalized spacial score (nSPS) is 10.7. The average Bonchev–Trinajstić information content (AvgIpc) is 3.49. The minimum absolute atomic E-state index is 0.0762. The van der Waals surface area contributed by atoms with Crippen LogP contribution in [0.25, 0.3) is 17.7 Å². The number of benzene rings is 3. The molecule has 0 spiro atoms. The van der Waals surface area contributed by atoms with Crippen molar-refractivity contribution in [3.05, 3.63) is 147 Å².